The van der Waals surface area contributed by atoms with Gasteiger partial charge in [0.25, 0.3) is 5.91 Å². The second-order valence-electron chi connectivity index (χ2n) is 7.76. The van der Waals surface area contributed by atoms with Crippen molar-refractivity contribution < 1.29 is 4.79 Å². The zero-order valence-corrected chi connectivity index (χ0v) is 17.2. The maximum Gasteiger partial charge on any atom is 0.253 e. The van der Waals surface area contributed by atoms with Crippen LogP contribution in [0.15, 0.2) is 54.7 Å². The number of hydrogen-bond donors (Lipinski definition) is 0. The number of likely N-dealkylation sites (tertiary alicyclic amines) is 1. The first-order valence-electron chi connectivity index (χ1n) is 10.0. The monoisotopic (exact) mass is 400 g/mol. The summed E-state index contributed by atoms with van der Waals surface area (Å²) in [4.78, 5) is 16.9. The molecule has 1 aromatic heterocycles. The predicted molar refractivity (Wildman–Crippen MR) is 115 cm³/mol. The van der Waals surface area contributed by atoms with E-state index in [-0.39, 0.29) is 11.9 Å². The standard InChI is InChI=1S/C23H24N6O/c1-27(2)20-11-9-19(10-12-20)23(30)28-13-3-4-21(15-28)29-16-22(25-26-29)18-7-5-17(14-24)6-8-18/h5-12,16,21H,3-4,13,15H2,1-2H3. The van der Waals surface area contributed by atoms with Crippen LogP contribution in [0.4, 0.5) is 5.69 Å². The highest BCUT2D eigenvalue weighted by atomic mass is 16.2. The minimum Gasteiger partial charge on any atom is -0.378 e. The topological polar surface area (TPSA) is 78.0 Å². The molecule has 7 nitrogen and oxygen atoms in total. The Hall–Kier alpha value is -3.66. The lowest BCUT2D eigenvalue weighted by atomic mass is 10.0. The number of piperidine rings is 1. The van der Waals surface area contributed by atoms with Gasteiger partial charge in [0.05, 0.1) is 23.9 Å². The van der Waals surface area contributed by atoms with Crippen LogP contribution in [0.5, 0.6) is 0 Å². The van der Waals surface area contributed by atoms with Crippen molar-refractivity contribution in [3.63, 3.8) is 0 Å². The number of amides is 1. The summed E-state index contributed by atoms with van der Waals surface area (Å²) in [6.45, 7) is 1.37. The Morgan fingerprint density at radius 1 is 1.13 bits per heavy atom. The summed E-state index contributed by atoms with van der Waals surface area (Å²) in [5.74, 6) is 0.0532. The fourth-order valence-electron chi connectivity index (χ4n) is 3.74. The highest BCUT2D eigenvalue weighted by Gasteiger charge is 2.26. The predicted octanol–water partition coefficient (Wildman–Crippen LogP) is 3.36. The minimum atomic E-state index is 0.0532. The van der Waals surface area contributed by atoms with Crippen LogP contribution in [0.2, 0.25) is 0 Å². The van der Waals surface area contributed by atoms with Crippen molar-refractivity contribution in [3.05, 3.63) is 65.9 Å². The van der Waals surface area contributed by atoms with Crippen molar-refractivity contribution in [1.29, 1.82) is 5.26 Å². The van der Waals surface area contributed by atoms with Crippen LogP contribution in [0.3, 0.4) is 0 Å². The van der Waals surface area contributed by atoms with Gasteiger partial charge in [-0.1, -0.05) is 17.3 Å². The molecule has 0 saturated carbocycles. The van der Waals surface area contributed by atoms with E-state index in [1.54, 1.807) is 12.1 Å². The summed E-state index contributed by atoms with van der Waals surface area (Å²) in [5.41, 5.74) is 4.08. The maximum atomic E-state index is 13.0. The molecule has 0 bridgehead atoms. The van der Waals surface area contributed by atoms with Crippen molar-refractivity contribution in [3.8, 4) is 17.3 Å². The average molecular weight is 400 g/mol. The second kappa shape index (κ2) is 8.37. The molecule has 2 aromatic carbocycles. The third-order valence-corrected chi connectivity index (χ3v) is 5.51. The number of rotatable bonds is 4. The molecule has 1 amide bonds. The van der Waals surface area contributed by atoms with E-state index in [9.17, 15) is 4.79 Å². The Balaban J connectivity index is 1.46. The molecule has 0 spiro atoms. The lowest BCUT2D eigenvalue weighted by Gasteiger charge is -2.32. The van der Waals surface area contributed by atoms with Gasteiger partial charge in [0.15, 0.2) is 0 Å². The molecule has 4 rings (SSSR count). The molecular formula is C23H24N6O. The van der Waals surface area contributed by atoms with Crippen molar-refractivity contribution in [1.82, 2.24) is 19.9 Å². The van der Waals surface area contributed by atoms with Gasteiger partial charge in [-0.2, -0.15) is 5.26 Å². The first-order chi connectivity index (χ1) is 14.5. The number of benzene rings is 2. The fourth-order valence-corrected chi connectivity index (χ4v) is 3.74. The van der Waals surface area contributed by atoms with Crippen molar-refractivity contribution >= 4 is 11.6 Å². The van der Waals surface area contributed by atoms with E-state index in [0.29, 0.717) is 17.7 Å². The Morgan fingerprint density at radius 2 is 1.87 bits per heavy atom. The third-order valence-electron chi connectivity index (χ3n) is 5.51. The van der Waals surface area contributed by atoms with E-state index in [0.717, 1.165) is 36.3 Å². The lowest BCUT2D eigenvalue weighted by Crippen LogP contribution is -2.40. The normalized spacial score (nSPS) is 16.2. The molecule has 30 heavy (non-hydrogen) atoms. The molecule has 1 unspecified atom stereocenters. The highest BCUT2D eigenvalue weighted by molar-refractivity contribution is 5.94. The van der Waals surface area contributed by atoms with Crippen molar-refractivity contribution in [2.45, 2.75) is 18.9 Å². The first-order valence-corrected chi connectivity index (χ1v) is 10.0. The van der Waals surface area contributed by atoms with E-state index in [1.807, 2.05) is 71.2 Å². The van der Waals surface area contributed by atoms with Crippen LogP contribution >= 0.6 is 0 Å². The number of carbonyl (C=O) groups is 1. The van der Waals surface area contributed by atoms with Gasteiger partial charge >= 0.3 is 0 Å². The van der Waals surface area contributed by atoms with Crippen LogP contribution in [0.1, 0.15) is 34.8 Å². The first kappa shape index (κ1) is 19.6. The summed E-state index contributed by atoms with van der Waals surface area (Å²) in [6.07, 6.45) is 3.81. The average Bonchev–Trinajstić information content (AvgIpc) is 3.29. The number of anilines is 1. The Kier molecular flexibility index (Phi) is 5.48. The molecule has 0 radical (unpaired) electrons. The van der Waals surface area contributed by atoms with E-state index in [4.69, 9.17) is 5.26 Å². The number of aromatic nitrogens is 3. The number of hydrogen-bond acceptors (Lipinski definition) is 5. The highest BCUT2D eigenvalue weighted by Crippen LogP contribution is 2.25. The van der Waals surface area contributed by atoms with Gasteiger partial charge in [-0.3, -0.25) is 4.79 Å². The summed E-state index contributed by atoms with van der Waals surface area (Å²) >= 11 is 0. The van der Waals surface area contributed by atoms with Crippen LogP contribution in [-0.2, 0) is 0 Å². The molecule has 1 atom stereocenters. The molecule has 152 valence electrons. The number of nitrogens with zero attached hydrogens (tertiary/aromatic N) is 6. The van der Waals surface area contributed by atoms with Crippen LogP contribution in [0, 0.1) is 11.3 Å². The van der Waals surface area contributed by atoms with E-state index in [1.165, 1.54) is 0 Å². The lowest BCUT2D eigenvalue weighted by molar-refractivity contribution is 0.0672. The van der Waals surface area contributed by atoms with Gasteiger partial charge in [0.2, 0.25) is 0 Å². The Labute approximate surface area is 176 Å². The summed E-state index contributed by atoms with van der Waals surface area (Å²) in [5, 5.41) is 17.6. The van der Waals surface area contributed by atoms with E-state index in [2.05, 4.69) is 16.4 Å². The van der Waals surface area contributed by atoms with Gasteiger partial charge in [0, 0.05) is 44.0 Å². The SMILES string of the molecule is CN(C)c1ccc(C(=O)N2CCCC(n3cc(-c4ccc(C#N)cc4)nn3)C2)cc1. The van der Waals surface area contributed by atoms with Gasteiger partial charge < -0.3 is 9.80 Å². The van der Waals surface area contributed by atoms with Crippen molar-refractivity contribution in [2.75, 3.05) is 32.1 Å². The quantitative estimate of drug-likeness (QED) is 0.671. The fraction of sp³-hybridized carbons (Fsp3) is 0.304. The smallest absolute Gasteiger partial charge is 0.253 e. The van der Waals surface area contributed by atoms with Gasteiger partial charge in [-0.05, 0) is 49.2 Å². The Bertz CT molecular complexity index is 1060. The second-order valence-corrected chi connectivity index (χ2v) is 7.76. The molecule has 3 aromatic rings. The summed E-state index contributed by atoms with van der Waals surface area (Å²) < 4.78 is 1.86. The maximum absolute atomic E-state index is 13.0. The van der Waals surface area contributed by atoms with Gasteiger partial charge in [-0.25, -0.2) is 4.68 Å². The minimum absolute atomic E-state index is 0.0532. The molecule has 0 aliphatic carbocycles. The molecule has 1 aliphatic heterocycles. The zero-order chi connectivity index (χ0) is 21.1. The van der Waals surface area contributed by atoms with E-state index < -0.39 is 0 Å². The third kappa shape index (κ3) is 4.03. The number of carbonyl (C=O) groups excluding carboxylic acids is 1. The van der Waals surface area contributed by atoms with Gasteiger partial charge in [0.1, 0.15) is 5.69 Å². The molecule has 1 fully saturated rings. The molecule has 0 N–H and O–H groups in total. The van der Waals surface area contributed by atoms with Gasteiger partial charge in [-0.15, -0.1) is 5.10 Å². The number of nitriles is 1. The summed E-state index contributed by atoms with van der Waals surface area (Å²) in [6, 6.07) is 17.2. The van der Waals surface area contributed by atoms with Crippen molar-refractivity contribution in [2.24, 2.45) is 0 Å². The molecule has 1 aliphatic rings. The summed E-state index contributed by atoms with van der Waals surface area (Å²) in [7, 11) is 3.96. The Morgan fingerprint density at radius 3 is 2.53 bits per heavy atom. The molecular weight excluding hydrogens is 376 g/mol. The molecule has 7 heteroatoms. The zero-order valence-electron chi connectivity index (χ0n) is 17.2. The van der Waals surface area contributed by atoms with Crippen LogP contribution in [-0.4, -0.2) is 53.0 Å². The molecule has 2 heterocycles. The largest absolute Gasteiger partial charge is 0.378 e. The van der Waals surface area contributed by atoms with Crippen LogP contribution < -0.4 is 4.90 Å². The molecule has 1 saturated heterocycles. The van der Waals surface area contributed by atoms with Crippen LogP contribution in [0.25, 0.3) is 11.3 Å². The van der Waals surface area contributed by atoms with E-state index >= 15 is 0 Å².